The number of methoxy groups -OCH3 is 1. The van der Waals surface area contributed by atoms with Gasteiger partial charge in [-0.2, -0.15) is 0 Å². The number of benzene rings is 2. The van der Waals surface area contributed by atoms with Gasteiger partial charge in [0, 0.05) is 13.7 Å². The monoisotopic (exact) mass is 385 g/mol. The van der Waals surface area contributed by atoms with Gasteiger partial charge in [0.05, 0.1) is 23.2 Å². The Morgan fingerprint density at radius 1 is 1.18 bits per heavy atom. The van der Waals surface area contributed by atoms with Gasteiger partial charge in [-0.3, -0.25) is 14.2 Å². The average Bonchev–Trinajstić information content (AvgIpc) is 2.67. The number of carbonyl (C=O) groups excluding carboxylic acids is 1. The van der Waals surface area contributed by atoms with E-state index in [1.807, 2.05) is 0 Å². The van der Waals surface area contributed by atoms with E-state index in [-0.39, 0.29) is 24.2 Å². The first-order chi connectivity index (χ1) is 13.4. The van der Waals surface area contributed by atoms with Crippen molar-refractivity contribution in [2.75, 3.05) is 20.3 Å². The fourth-order valence-corrected chi connectivity index (χ4v) is 2.98. The number of fused-ring (bicyclic) bond motifs is 1. The first-order valence-corrected chi connectivity index (χ1v) is 8.71. The molecule has 1 N–H and O–H groups in total. The van der Waals surface area contributed by atoms with Crippen LogP contribution in [0, 0.1) is 12.7 Å². The summed E-state index contributed by atoms with van der Waals surface area (Å²) >= 11 is 0. The van der Waals surface area contributed by atoms with Gasteiger partial charge >= 0.3 is 5.69 Å². The summed E-state index contributed by atoms with van der Waals surface area (Å²) in [5, 5.41) is 2.86. The predicted octanol–water partition coefficient (Wildman–Crippen LogP) is 1.36. The lowest BCUT2D eigenvalue weighted by molar-refractivity contribution is -0.121. The number of rotatable bonds is 6. The summed E-state index contributed by atoms with van der Waals surface area (Å²) in [5.41, 5.74) is -0.456. The van der Waals surface area contributed by atoms with E-state index in [1.165, 1.54) is 35.9 Å². The van der Waals surface area contributed by atoms with Gasteiger partial charge < -0.3 is 10.1 Å². The molecule has 28 heavy (non-hydrogen) atoms. The Kier molecular flexibility index (Phi) is 5.70. The normalized spacial score (nSPS) is 11.0. The Morgan fingerprint density at radius 3 is 2.64 bits per heavy atom. The number of carbonyl (C=O) groups is 1. The number of amides is 1. The van der Waals surface area contributed by atoms with Crippen molar-refractivity contribution in [2.24, 2.45) is 0 Å². The Hall–Kier alpha value is -3.26. The van der Waals surface area contributed by atoms with Gasteiger partial charge in [-0.05, 0) is 31.2 Å². The van der Waals surface area contributed by atoms with Crippen molar-refractivity contribution in [3.63, 3.8) is 0 Å². The van der Waals surface area contributed by atoms with Crippen LogP contribution in [0.5, 0.6) is 0 Å². The molecular weight excluding hydrogens is 365 g/mol. The summed E-state index contributed by atoms with van der Waals surface area (Å²) in [6, 6.07) is 10.5. The molecule has 0 aliphatic carbocycles. The number of para-hydroxylation sites is 1. The number of nitrogens with one attached hydrogen (secondary N) is 1. The maximum absolute atomic E-state index is 14.3. The first-order valence-electron chi connectivity index (χ1n) is 8.71. The molecule has 1 aromatic heterocycles. The van der Waals surface area contributed by atoms with Crippen LogP contribution in [-0.2, 0) is 16.1 Å². The minimum absolute atomic E-state index is 0.158. The summed E-state index contributed by atoms with van der Waals surface area (Å²) in [4.78, 5) is 38.3. The van der Waals surface area contributed by atoms with Crippen molar-refractivity contribution in [3.05, 3.63) is 74.7 Å². The molecule has 0 unspecified atom stereocenters. The van der Waals surface area contributed by atoms with E-state index >= 15 is 0 Å². The second kappa shape index (κ2) is 8.18. The van der Waals surface area contributed by atoms with E-state index in [0.717, 1.165) is 10.1 Å². The summed E-state index contributed by atoms with van der Waals surface area (Å²) in [6.45, 7) is 2.11. The molecule has 0 radical (unpaired) electrons. The maximum Gasteiger partial charge on any atom is 0.336 e. The van der Waals surface area contributed by atoms with E-state index in [2.05, 4.69) is 5.32 Å². The van der Waals surface area contributed by atoms with E-state index in [4.69, 9.17) is 4.74 Å². The van der Waals surface area contributed by atoms with E-state index < -0.39 is 23.0 Å². The fourth-order valence-electron chi connectivity index (χ4n) is 2.98. The number of halogens is 1. The molecule has 0 aliphatic rings. The molecule has 1 heterocycles. The molecular formula is C20H20FN3O4. The molecule has 0 bridgehead atoms. The molecule has 146 valence electrons. The van der Waals surface area contributed by atoms with Crippen molar-refractivity contribution < 1.29 is 13.9 Å². The van der Waals surface area contributed by atoms with Crippen LogP contribution in [0.15, 0.2) is 52.1 Å². The molecule has 0 atom stereocenters. The molecule has 2 aromatic carbocycles. The average molecular weight is 385 g/mol. The molecule has 0 fully saturated rings. The Morgan fingerprint density at radius 2 is 1.93 bits per heavy atom. The molecule has 7 nitrogen and oxygen atoms in total. The van der Waals surface area contributed by atoms with Crippen molar-refractivity contribution in [1.29, 1.82) is 0 Å². The molecule has 0 saturated carbocycles. The van der Waals surface area contributed by atoms with Gasteiger partial charge in [-0.25, -0.2) is 13.8 Å². The third kappa shape index (κ3) is 3.72. The minimum atomic E-state index is -0.784. The molecule has 0 spiro atoms. The highest BCUT2D eigenvalue weighted by molar-refractivity contribution is 5.82. The molecule has 8 heteroatoms. The van der Waals surface area contributed by atoms with Crippen LogP contribution >= 0.6 is 0 Å². The molecule has 1 amide bonds. The van der Waals surface area contributed by atoms with E-state index in [1.54, 1.807) is 25.1 Å². The third-order valence-corrected chi connectivity index (χ3v) is 4.32. The van der Waals surface area contributed by atoms with Gasteiger partial charge in [0.25, 0.3) is 5.56 Å². The van der Waals surface area contributed by atoms with Crippen LogP contribution in [0.4, 0.5) is 4.39 Å². The number of hydrogen-bond donors (Lipinski definition) is 1. The summed E-state index contributed by atoms with van der Waals surface area (Å²) in [5.74, 6) is -1.12. The SMILES string of the molecule is COCCNC(=O)Cn1c(=O)n(-c2ccccc2F)c(=O)c2cc(C)ccc21. The van der Waals surface area contributed by atoms with Crippen molar-refractivity contribution in [3.8, 4) is 5.69 Å². The van der Waals surface area contributed by atoms with Crippen LogP contribution in [-0.4, -0.2) is 35.3 Å². The number of hydrogen-bond acceptors (Lipinski definition) is 4. The summed E-state index contributed by atoms with van der Waals surface area (Å²) < 4.78 is 21.1. The summed E-state index contributed by atoms with van der Waals surface area (Å²) in [7, 11) is 1.51. The second-order valence-corrected chi connectivity index (χ2v) is 6.32. The molecule has 0 saturated heterocycles. The Bertz CT molecular complexity index is 1150. The zero-order chi connectivity index (χ0) is 20.3. The lowest BCUT2D eigenvalue weighted by atomic mass is 10.1. The van der Waals surface area contributed by atoms with Gasteiger partial charge in [0.1, 0.15) is 12.4 Å². The minimum Gasteiger partial charge on any atom is -0.383 e. The molecule has 3 rings (SSSR count). The van der Waals surface area contributed by atoms with Crippen LogP contribution in [0.2, 0.25) is 0 Å². The smallest absolute Gasteiger partial charge is 0.336 e. The third-order valence-electron chi connectivity index (χ3n) is 4.32. The zero-order valence-corrected chi connectivity index (χ0v) is 15.6. The molecule has 3 aromatic rings. The lowest BCUT2D eigenvalue weighted by Crippen LogP contribution is -2.42. The number of nitrogens with zero attached hydrogens (tertiary/aromatic N) is 2. The number of aromatic nitrogens is 2. The van der Waals surface area contributed by atoms with Gasteiger partial charge in [-0.1, -0.05) is 23.8 Å². The van der Waals surface area contributed by atoms with Crippen molar-refractivity contribution in [1.82, 2.24) is 14.5 Å². The van der Waals surface area contributed by atoms with Crippen molar-refractivity contribution in [2.45, 2.75) is 13.5 Å². The largest absolute Gasteiger partial charge is 0.383 e. The van der Waals surface area contributed by atoms with Crippen LogP contribution in [0.1, 0.15) is 5.56 Å². The standard InChI is InChI=1S/C20H20FN3O4/c1-13-7-8-16-14(11-13)19(26)24(17-6-4-3-5-15(17)21)20(27)23(16)12-18(25)22-9-10-28-2/h3-8,11H,9-10,12H2,1-2H3,(H,22,25). The van der Waals surface area contributed by atoms with Gasteiger partial charge in [-0.15, -0.1) is 0 Å². The first kappa shape index (κ1) is 19.5. The quantitative estimate of drug-likeness (QED) is 0.650. The highest BCUT2D eigenvalue weighted by atomic mass is 19.1. The van der Waals surface area contributed by atoms with E-state index in [9.17, 15) is 18.8 Å². The summed E-state index contributed by atoms with van der Waals surface area (Å²) in [6.07, 6.45) is 0. The maximum atomic E-state index is 14.3. The lowest BCUT2D eigenvalue weighted by Gasteiger charge is -2.15. The van der Waals surface area contributed by atoms with Crippen LogP contribution in [0.25, 0.3) is 16.6 Å². The Balaban J connectivity index is 2.23. The highest BCUT2D eigenvalue weighted by Gasteiger charge is 2.18. The van der Waals surface area contributed by atoms with Gasteiger partial charge in [0.15, 0.2) is 0 Å². The van der Waals surface area contributed by atoms with Crippen molar-refractivity contribution >= 4 is 16.8 Å². The van der Waals surface area contributed by atoms with E-state index in [0.29, 0.717) is 12.1 Å². The number of ether oxygens (including phenoxy) is 1. The molecule has 0 aliphatic heterocycles. The van der Waals surface area contributed by atoms with Gasteiger partial charge in [0.2, 0.25) is 5.91 Å². The fraction of sp³-hybridized carbons (Fsp3) is 0.250. The predicted molar refractivity (Wildman–Crippen MR) is 103 cm³/mol. The topological polar surface area (TPSA) is 82.3 Å². The van der Waals surface area contributed by atoms with Crippen LogP contribution < -0.4 is 16.6 Å². The Labute approximate surface area is 160 Å². The number of aryl methyl sites for hydroxylation is 1. The van der Waals surface area contributed by atoms with Crippen LogP contribution in [0.3, 0.4) is 0 Å². The zero-order valence-electron chi connectivity index (χ0n) is 15.6. The second-order valence-electron chi connectivity index (χ2n) is 6.32. The highest BCUT2D eigenvalue weighted by Crippen LogP contribution is 2.14.